The Bertz CT molecular complexity index is 1190. The first-order chi connectivity index (χ1) is 16.4. The lowest BCUT2D eigenvalue weighted by Gasteiger charge is -2.34. The van der Waals surface area contributed by atoms with E-state index < -0.39 is 5.92 Å². The van der Waals surface area contributed by atoms with Crippen LogP contribution in [0.25, 0.3) is 23.0 Å². The molecule has 3 fully saturated rings. The SMILES string of the molecule is FC1(F)CCN(c2cccc(-c3nnc(-c4ccc(I)cc4N4CCC5(CC4)CC5)o3)n2)CC1. The minimum atomic E-state index is -2.59. The Balaban J connectivity index is 1.25. The van der Waals surface area contributed by atoms with Gasteiger partial charge in [0, 0.05) is 42.6 Å². The molecule has 0 atom stereocenters. The predicted octanol–water partition coefficient (Wildman–Crippen LogP) is 6.02. The second kappa shape index (κ2) is 8.42. The predicted molar refractivity (Wildman–Crippen MR) is 135 cm³/mol. The van der Waals surface area contributed by atoms with Gasteiger partial charge in [0.15, 0.2) is 0 Å². The summed E-state index contributed by atoms with van der Waals surface area (Å²) in [5.41, 5.74) is 3.22. The average Bonchev–Trinajstić information content (AvgIpc) is 3.40. The summed E-state index contributed by atoms with van der Waals surface area (Å²) in [4.78, 5) is 8.97. The topological polar surface area (TPSA) is 58.3 Å². The minimum Gasteiger partial charge on any atom is -0.415 e. The monoisotopic (exact) mass is 577 g/mol. The van der Waals surface area contributed by atoms with Crippen LogP contribution in [0.4, 0.5) is 20.3 Å². The zero-order valence-electron chi connectivity index (χ0n) is 18.8. The molecule has 2 saturated heterocycles. The third-order valence-corrected chi connectivity index (χ3v) is 8.18. The van der Waals surface area contributed by atoms with E-state index in [0.29, 0.717) is 28.7 Å². The highest BCUT2D eigenvalue weighted by molar-refractivity contribution is 14.1. The van der Waals surface area contributed by atoms with Gasteiger partial charge in [-0.05, 0) is 84.0 Å². The Labute approximate surface area is 210 Å². The van der Waals surface area contributed by atoms with Gasteiger partial charge in [-0.15, -0.1) is 10.2 Å². The Kier molecular flexibility index (Phi) is 5.50. The highest BCUT2D eigenvalue weighted by atomic mass is 127. The summed E-state index contributed by atoms with van der Waals surface area (Å²) in [5.74, 6) is -1.13. The molecule has 1 aliphatic carbocycles. The third-order valence-electron chi connectivity index (χ3n) is 7.51. The van der Waals surface area contributed by atoms with Crippen molar-refractivity contribution in [2.75, 3.05) is 36.0 Å². The van der Waals surface area contributed by atoms with E-state index in [4.69, 9.17) is 4.42 Å². The van der Waals surface area contributed by atoms with Crippen LogP contribution in [0.5, 0.6) is 0 Å². The average molecular weight is 577 g/mol. The third kappa shape index (κ3) is 4.38. The maximum absolute atomic E-state index is 13.6. The summed E-state index contributed by atoms with van der Waals surface area (Å²) < 4.78 is 34.4. The molecule has 9 heteroatoms. The van der Waals surface area contributed by atoms with Crippen LogP contribution in [0.3, 0.4) is 0 Å². The fourth-order valence-corrected chi connectivity index (χ4v) is 5.54. The van der Waals surface area contributed by atoms with Crippen molar-refractivity contribution in [2.45, 2.75) is 44.4 Å². The molecule has 2 aromatic heterocycles. The number of nitrogens with zero attached hydrogens (tertiary/aromatic N) is 5. The first-order valence-corrected chi connectivity index (χ1v) is 13.0. The number of alkyl halides is 2. The Hall–Kier alpha value is -2.30. The Morgan fingerprint density at radius 2 is 1.53 bits per heavy atom. The summed E-state index contributed by atoms with van der Waals surface area (Å²) in [6.07, 6.45) is 4.92. The van der Waals surface area contributed by atoms with Gasteiger partial charge in [-0.3, -0.25) is 0 Å². The lowest BCUT2D eigenvalue weighted by atomic mass is 9.93. The molecule has 6 rings (SSSR count). The molecule has 4 heterocycles. The summed E-state index contributed by atoms with van der Waals surface area (Å²) in [7, 11) is 0. The summed E-state index contributed by atoms with van der Waals surface area (Å²) in [5, 5.41) is 8.63. The molecular weight excluding hydrogens is 551 g/mol. The van der Waals surface area contributed by atoms with Crippen LogP contribution in [0.2, 0.25) is 0 Å². The van der Waals surface area contributed by atoms with Gasteiger partial charge in [-0.1, -0.05) is 6.07 Å². The zero-order valence-corrected chi connectivity index (χ0v) is 21.0. The van der Waals surface area contributed by atoms with E-state index in [1.807, 2.05) is 29.2 Å². The number of piperidine rings is 2. The number of hydrogen-bond donors (Lipinski definition) is 0. The van der Waals surface area contributed by atoms with Crippen LogP contribution in [0.1, 0.15) is 38.5 Å². The molecule has 6 nitrogen and oxygen atoms in total. The molecule has 1 aromatic carbocycles. The molecule has 0 radical (unpaired) electrons. The van der Waals surface area contributed by atoms with Crippen LogP contribution >= 0.6 is 22.6 Å². The molecule has 3 aliphatic rings. The molecule has 3 aromatic rings. The second-order valence-electron chi connectivity index (χ2n) is 9.78. The van der Waals surface area contributed by atoms with Crippen LogP contribution in [0, 0.1) is 8.99 Å². The van der Waals surface area contributed by atoms with Gasteiger partial charge in [0.25, 0.3) is 11.8 Å². The number of anilines is 2. The molecule has 1 saturated carbocycles. The molecule has 34 heavy (non-hydrogen) atoms. The molecule has 178 valence electrons. The van der Waals surface area contributed by atoms with Gasteiger partial charge < -0.3 is 14.2 Å². The molecule has 0 unspecified atom stereocenters. The maximum atomic E-state index is 13.6. The number of benzene rings is 1. The zero-order chi connectivity index (χ0) is 23.3. The first-order valence-electron chi connectivity index (χ1n) is 11.9. The van der Waals surface area contributed by atoms with E-state index in [1.54, 1.807) is 0 Å². The van der Waals surface area contributed by atoms with Crippen molar-refractivity contribution in [3.63, 3.8) is 0 Å². The molecule has 0 bridgehead atoms. The normalized spacial score (nSPS) is 21.1. The first kappa shape index (κ1) is 22.2. The number of halogens is 3. The van der Waals surface area contributed by atoms with Crippen molar-refractivity contribution in [3.8, 4) is 23.0 Å². The smallest absolute Gasteiger partial charge is 0.266 e. The molecule has 0 amide bonds. The summed E-state index contributed by atoms with van der Waals surface area (Å²) in [6, 6.07) is 11.8. The van der Waals surface area contributed by atoms with Crippen molar-refractivity contribution in [1.82, 2.24) is 15.2 Å². The van der Waals surface area contributed by atoms with E-state index in [1.165, 1.54) is 29.3 Å². The van der Waals surface area contributed by atoms with E-state index in [9.17, 15) is 8.78 Å². The highest BCUT2D eigenvalue weighted by Gasteiger charge is 2.44. The van der Waals surface area contributed by atoms with Crippen molar-refractivity contribution in [2.24, 2.45) is 5.41 Å². The van der Waals surface area contributed by atoms with E-state index in [-0.39, 0.29) is 25.9 Å². The Morgan fingerprint density at radius 3 is 2.26 bits per heavy atom. The number of aromatic nitrogens is 3. The molecule has 0 N–H and O–H groups in total. The van der Waals surface area contributed by atoms with Gasteiger partial charge in [0.2, 0.25) is 5.89 Å². The van der Waals surface area contributed by atoms with E-state index in [0.717, 1.165) is 24.3 Å². The van der Waals surface area contributed by atoms with Crippen LogP contribution in [-0.4, -0.2) is 47.3 Å². The van der Waals surface area contributed by atoms with Gasteiger partial charge in [-0.2, -0.15) is 0 Å². The maximum Gasteiger partial charge on any atom is 0.266 e. The quantitative estimate of drug-likeness (QED) is 0.354. The van der Waals surface area contributed by atoms with Crippen molar-refractivity contribution in [3.05, 3.63) is 40.0 Å². The van der Waals surface area contributed by atoms with Gasteiger partial charge in [-0.25, -0.2) is 13.8 Å². The van der Waals surface area contributed by atoms with Crippen LogP contribution in [-0.2, 0) is 0 Å². The van der Waals surface area contributed by atoms with Crippen LogP contribution < -0.4 is 9.80 Å². The van der Waals surface area contributed by atoms with Gasteiger partial charge >= 0.3 is 0 Å². The van der Waals surface area contributed by atoms with E-state index in [2.05, 4.69) is 54.8 Å². The van der Waals surface area contributed by atoms with Gasteiger partial charge in [0.05, 0.1) is 11.3 Å². The number of rotatable bonds is 4. The van der Waals surface area contributed by atoms with E-state index >= 15 is 0 Å². The summed E-state index contributed by atoms with van der Waals surface area (Å²) in [6.45, 7) is 2.66. The largest absolute Gasteiger partial charge is 0.415 e. The second-order valence-corrected chi connectivity index (χ2v) is 11.0. The van der Waals surface area contributed by atoms with Crippen molar-refractivity contribution in [1.29, 1.82) is 0 Å². The fourth-order valence-electron chi connectivity index (χ4n) is 5.06. The Morgan fingerprint density at radius 1 is 0.824 bits per heavy atom. The van der Waals surface area contributed by atoms with Crippen molar-refractivity contribution < 1.29 is 13.2 Å². The fraction of sp³-hybridized carbons (Fsp3) is 0.480. The van der Waals surface area contributed by atoms with Crippen LogP contribution in [0.15, 0.2) is 40.8 Å². The minimum absolute atomic E-state index is 0.156. The number of hydrogen-bond acceptors (Lipinski definition) is 6. The van der Waals surface area contributed by atoms with Crippen molar-refractivity contribution >= 4 is 34.1 Å². The molecule has 1 spiro atoms. The van der Waals surface area contributed by atoms with Gasteiger partial charge in [0.1, 0.15) is 11.5 Å². The lowest BCUT2D eigenvalue weighted by molar-refractivity contribution is -0.0221. The molecule has 2 aliphatic heterocycles. The standard InChI is InChI=1S/C25H26F2IN5O/c26-25(27)10-14-33(15-11-25)21-3-1-2-19(29-21)23-31-30-22(34-23)18-5-4-17(28)16-20(18)32-12-8-24(6-7-24)9-13-32/h1-5,16H,6-15H2. The molecular formula is C25H26F2IN5O. The highest BCUT2D eigenvalue weighted by Crippen LogP contribution is 2.54. The summed E-state index contributed by atoms with van der Waals surface area (Å²) >= 11 is 2.34. The number of pyridine rings is 1. The lowest BCUT2D eigenvalue weighted by Crippen LogP contribution is -2.39.